The van der Waals surface area contributed by atoms with Gasteiger partial charge in [0.1, 0.15) is 6.54 Å². The topological polar surface area (TPSA) is 66.5 Å². The summed E-state index contributed by atoms with van der Waals surface area (Å²) in [7, 11) is -3.87. The second kappa shape index (κ2) is 9.24. The molecule has 2 aromatic carbocycles. The molecule has 28 heavy (non-hydrogen) atoms. The highest BCUT2D eigenvalue weighted by Crippen LogP contribution is 2.26. The maximum Gasteiger partial charge on any atom is 0.264 e. The van der Waals surface area contributed by atoms with E-state index in [4.69, 9.17) is 0 Å². The van der Waals surface area contributed by atoms with Gasteiger partial charge in [0.05, 0.1) is 10.6 Å². The molecule has 0 aliphatic rings. The number of hydrogen-bond donors (Lipinski definition) is 1. The van der Waals surface area contributed by atoms with Crippen LogP contribution in [0.2, 0.25) is 0 Å². The number of hydrogen-bond acceptors (Lipinski definition) is 3. The highest BCUT2D eigenvalue weighted by molar-refractivity contribution is 7.92. The Morgan fingerprint density at radius 1 is 0.964 bits per heavy atom. The normalized spacial score (nSPS) is 11.5. The number of anilines is 1. The van der Waals surface area contributed by atoms with E-state index >= 15 is 0 Å². The van der Waals surface area contributed by atoms with Crippen LogP contribution in [0.1, 0.15) is 37.0 Å². The maximum atomic E-state index is 13.3. The highest BCUT2D eigenvalue weighted by atomic mass is 32.2. The van der Waals surface area contributed by atoms with E-state index in [9.17, 15) is 13.2 Å². The fourth-order valence-corrected chi connectivity index (χ4v) is 4.34. The average molecular weight is 403 g/mol. The zero-order valence-corrected chi connectivity index (χ0v) is 18.1. The number of nitrogens with zero attached hydrogens (tertiary/aromatic N) is 1. The molecule has 0 saturated carbocycles. The van der Waals surface area contributed by atoms with Gasteiger partial charge in [-0.3, -0.25) is 9.10 Å². The summed E-state index contributed by atoms with van der Waals surface area (Å²) in [5.74, 6) is 0.155. The van der Waals surface area contributed by atoms with Crippen LogP contribution in [0.3, 0.4) is 0 Å². The van der Waals surface area contributed by atoms with E-state index in [0.29, 0.717) is 18.2 Å². The third kappa shape index (κ3) is 5.83. The molecule has 6 heteroatoms. The highest BCUT2D eigenvalue weighted by Gasteiger charge is 2.27. The molecular weight excluding hydrogens is 372 g/mol. The quantitative estimate of drug-likeness (QED) is 0.726. The van der Waals surface area contributed by atoms with E-state index in [1.165, 1.54) is 4.31 Å². The molecule has 152 valence electrons. The van der Waals surface area contributed by atoms with Gasteiger partial charge in [0.25, 0.3) is 10.0 Å². The number of carbonyl (C=O) groups excluding carboxylic acids is 1. The van der Waals surface area contributed by atoms with Crippen LogP contribution in [0, 0.1) is 26.7 Å². The van der Waals surface area contributed by atoms with Gasteiger partial charge in [-0.25, -0.2) is 8.42 Å². The summed E-state index contributed by atoms with van der Waals surface area (Å²) in [4.78, 5) is 12.7. The van der Waals surface area contributed by atoms with Gasteiger partial charge in [0, 0.05) is 6.54 Å². The Morgan fingerprint density at radius 3 is 2.07 bits per heavy atom. The Labute approximate surface area is 168 Å². The average Bonchev–Trinajstić information content (AvgIpc) is 2.58. The van der Waals surface area contributed by atoms with Crippen molar-refractivity contribution in [2.45, 2.75) is 45.9 Å². The molecule has 0 aliphatic carbocycles. The Morgan fingerprint density at radius 2 is 1.54 bits per heavy atom. The van der Waals surface area contributed by atoms with Gasteiger partial charge < -0.3 is 5.32 Å². The maximum absolute atomic E-state index is 13.3. The molecule has 0 bridgehead atoms. The molecule has 0 aliphatic heterocycles. The predicted molar refractivity (Wildman–Crippen MR) is 114 cm³/mol. The van der Waals surface area contributed by atoms with Crippen LogP contribution in [0.4, 0.5) is 5.69 Å². The third-order valence-corrected chi connectivity index (χ3v) is 6.22. The second-order valence-electron chi connectivity index (χ2n) is 7.70. The van der Waals surface area contributed by atoms with Crippen molar-refractivity contribution in [1.82, 2.24) is 5.32 Å². The van der Waals surface area contributed by atoms with Gasteiger partial charge >= 0.3 is 0 Å². The monoisotopic (exact) mass is 402 g/mol. The van der Waals surface area contributed by atoms with Gasteiger partial charge in [-0.2, -0.15) is 0 Å². The number of carbonyl (C=O) groups is 1. The number of sulfonamides is 1. The van der Waals surface area contributed by atoms with Crippen molar-refractivity contribution in [2.24, 2.45) is 5.92 Å². The molecular formula is C22H30N2O3S. The van der Waals surface area contributed by atoms with Crippen molar-refractivity contribution in [3.8, 4) is 0 Å². The van der Waals surface area contributed by atoms with E-state index in [0.717, 1.165) is 23.1 Å². The van der Waals surface area contributed by atoms with E-state index in [-0.39, 0.29) is 17.3 Å². The van der Waals surface area contributed by atoms with Crippen molar-refractivity contribution < 1.29 is 13.2 Å². The SMILES string of the molecule is Cc1ccc(S(=O)(=O)N(CC(=O)NCCC(C)C)c2cc(C)cc(C)c2)cc1. The Balaban J connectivity index is 2.38. The van der Waals surface area contributed by atoms with Crippen LogP contribution >= 0.6 is 0 Å². The molecule has 0 atom stereocenters. The fourth-order valence-electron chi connectivity index (χ4n) is 2.93. The smallest absolute Gasteiger partial charge is 0.264 e. The van der Waals surface area contributed by atoms with Crippen LogP contribution in [0.25, 0.3) is 0 Å². The first-order chi connectivity index (χ1) is 13.1. The molecule has 0 radical (unpaired) electrons. The Bertz CT molecular complexity index is 899. The van der Waals surface area contributed by atoms with Crippen molar-refractivity contribution in [3.63, 3.8) is 0 Å². The standard InChI is InChI=1S/C22H30N2O3S/c1-16(2)10-11-23-22(25)15-24(20-13-18(4)12-19(5)14-20)28(26,27)21-8-6-17(3)7-9-21/h6-9,12-14,16H,10-11,15H2,1-5H3,(H,23,25). The molecule has 1 N–H and O–H groups in total. The lowest BCUT2D eigenvalue weighted by atomic mass is 10.1. The lowest BCUT2D eigenvalue weighted by Gasteiger charge is -2.25. The molecule has 5 nitrogen and oxygen atoms in total. The zero-order chi connectivity index (χ0) is 20.9. The van der Waals surface area contributed by atoms with E-state index < -0.39 is 10.0 Å². The minimum Gasteiger partial charge on any atom is -0.355 e. The van der Waals surface area contributed by atoms with Gasteiger partial charge in [-0.15, -0.1) is 0 Å². The lowest BCUT2D eigenvalue weighted by molar-refractivity contribution is -0.119. The number of nitrogens with one attached hydrogen (secondary N) is 1. The summed E-state index contributed by atoms with van der Waals surface area (Å²) in [6, 6.07) is 12.2. The minimum absolute atomic E-state index is 0.173. The van der Waals surface area contributed by atoms with Crippen LogP contribution in [0.5, 0.6) is 0 Å². The Kier molecular flexibility index (Phi) is 7.24. The molecule has 0 heterocycles. The summed E-state index contributed by atoms with van der Waals surface area (Å²) in [6.45, 7) is 10.2. The number of rotatable bonds is 8. The van der Waals surface area contributed by atoms with Crippen molar-refractivity contribution >= 4 is 21.6 Å². The van der Waals surface area contributed by atoms with Crippen molar-refractivity contribution in [1.29, 1.82) is 0 Å². The van der Waals surface area contributed by atoms with E-state index in [1.54, 1.807) is 36.4 Å². The van der Waals surface area contributed by atoms with Crippen LogP contribution in [0.15, 0.2) is 47.4 Å². The van der Waals surface area contributed by atoms with E-state index in [2.05, 4.69) is 19.2 Å². The van der Waals surface area contributed by atoms with Gasteiger partial charge in [-0.05, 0) is 68.5 Å². The summed E-state index contributed by atoms with van der Waals surface area (Å²) < 4.78 is 27.9. The summed E-state index contributed by atoms with van der Waals surface area (Å²) in [6.07, 6.45) is 0.847. The van der Waals surface area contributed by atoms with Crippen LogP contribution in [-0.2, 0) is 14.8 Å². The van der Waals surface area contributed by atoms with E-state index in [1.807, 2.05) is 26.8 Å². The molecule has 0 fully saturated rings. The fraction of sp³-hybridized carbons (Fsp3) is 0.409. The molecule has 0 unspecified atom stereocenters. The first-order valence-corrected chi connectivity index (χ1v) is 11.0. The van der Waals surface area contributed by atoms with Crippen molar-refractivity contribution in [3.05, 3.63) is 59.2 Å². The molecule has 0 aromatic heterocycles. The molecule has 2 aromatic rings. The minimum atomic E-state index is -3.87. The third-order valence-electron chi connectivity index (χ3n) is 4.43. The largest absolute Gasteiger partial charge is 0.355 e. The number of aryl methyl sites for hydroxylation is 3. The van der Waals surface area contributed by atoms with Gasteiger partial charge in [0.15, 0.2) is 0 Å². The molecule has 1 amide bonds. The lowest BCUT2D eigenvalue weighted by Crippen LogP contribution is -2.41. The first kappa shape index (κ1) is 22.0. The summed E-state index contributed by atoms with van der Waals surface area (Å²) in [5, 5.41) is 2.83. The van der Waals surface area contributed by atoms with Crippen molar-refractivity contribution in [2.75, 3.05) is 17.4 Å². The predicted octanol–water partition coefficient (Wildman–Crippen LogP) is 3.97. The zero-order valence-electron chi connectivity index (χ0n) is 17.3. The summed E-state index contributed by atoms with van der Waals surface area (Å²) in [5.41, 5.74) is 3.36. The van der Waals surface area contributed by atoms with Gasteiger partial charge in [0.2, 0.25) is 5.91 Å². The number of benzene rings is 2. The molecule has 2 rings (SSSR count). The Hall–Kier alpha value is -2.34. The summed E-state index contributed by atoms with van der Waals surface area (Å²) >= 11 is 0. The number of amides is 1. The van der Waals surface area contributed by atoms with Crippen LogP contribution < -0.4 is 9.62 Å². The second-order valence-corrected chi connectivity index (χ2v) is 9.57. The molecule has 0 spiro atoms. The van der Waals surface area contributed by atoms with Crippen LogP contribution in [-0.4, -0.2) is 27.4 Å². The first-order valence-electron chi connectivity index (χ1n) is 9.54. The molecule has 0 saturated heterocycles. The van der Waals surface area contributed by atoms with Gasteiger partial charge in [-0.1, -0.05) is 37.6 Å².